The van der Waals surface area contributed by atoms with Gasteiger partial charge in [0.1, 0.15) is 11.8 Å². The van der Waals surface area contributed by atoms with Gasteiger partial charge in [0, 0.05) is 25.2 Å². The molecular formula is C18H21N3O4. The van der Waals surface area contributed by atoms with Gasteiger partial charge in [0.05, 0.1) is 6.61 Å². The summed E-state index contributed by atoms with van der Waals surface area (Å²) in [6.07, 6.45) is 2.54. The Morgan fingerprint density at radius 1 is 1.28 bits per heavy atom. The van der Waals surface area contributed by atoms with E-state index in [1.54, 1.807) is 13.0 Å². The Bertz CT molecular complexity index is 767. The Balaban J connectivity index is 1.56. The Morgan fingerprint density at radius 3 is 2.88 bits per heavy atom. The molecule has 2 aromatic rings. The first-order valence-corrected chi connectivity index (χ1v) is 8.65. The van der Waals surface area contributed by atoms with E-state index in [1.807, 2.05) is 12.1 Å². The van der Waals surface area contributed by atoms with Gasteiger partial charge in [0.15, 0.2) is 5.82 Å². The van der Waals surface area contributed by atoms with Crippen LogP contribution in [-0.4, -0.2) is 35.9 Å². The second kappa shape index (κ2) is 6.84. The molecule has 1 aromatic carbocycles. The highest BCUT2D eigenvalue weighted by molar-refractivity contribution is 5.94. The van der Waals surface area contributed by atoms with Crippen LogP contribution in [0.4, 0.5) is 0 Å². The molecule has 2 aliphatic heterocycles. The van der Waals surface area contributed by atoms with E-state index in [0.29, 0.717) is 37.1 Å². The molecule has 0 saturated carbocycles. The van der Waals surface area contributed by atoms with E-state index < -0.39 is 0 Å². The summed E-state index contributed by atoms with van der Waals surface area (Å²) >= 11 is 0. The number of nitrogens with one attached hydrogen (secondary N) is 1. The molecule has 1 fully saturated rings. The molecule has 4 rings (SSSR count). The van der Waals surface area contributed by atoms with Crippen LogP contribution < -0.4 is 10.1 Å². The number of fused-ring (bicyclic) bond motifs is 1. The number of nitrogens with zero attached hydrogens (tertiary/aromatic N) is 2. The molecule has 0 radical (unpaired) electrons. The fourth-order valence-electron chi connectivity index (χ4n) is 3.42. The highest BCUT2D eigenvalue weighted by Crippen LogP contribution is 2.30. The Labute approximate surface area is 145 Å². The average Bonchev–Trinajstić information content (AvgIpc) is 3.28. The molecule has 2 aliphatic rings. The number of rotatable bonds is 4. The predicted octanol–water partition coefficient (Wildman–Crippen LogP) is 2.21. The molecular weight excluding hydrogens is 322 g/mol. The quantitative estimate of drug-likeness (QED) is 0.916. The van der Waals surface area contributed by atoms with Crippen LogP contribution in [0.1, 0.15) is 46.5 Å². The Hall–Kier alpha value is -2.41. The molecule has 0 spiro atoms. The van der Waals surface area contributed by atoms with Crippen LogP contribution in [0, 0.1) is 12.8 Å². The van der Waals surface area contributed by atoms with Crippen molar-refractivity contribution in [2.24, 2.45) is 5.92 Å². The van der Waals surface area contributed by atoms with E-state index in [9.17, 15) is 4.79 Å². The maximum atomic E-state index is 12.8. The number of benzene rings is 1. The van der Waals surface area contributed by atoms with Crippen LogP contribution >= 0.6 is 0 Å². The van der Waals surface area contributed by atoms with Gasteiger partial charge in [-0.2, -0.15) is 4.98 Å². The normalized spacial score (nSPS) is 18.4. The topological polar surface area (TPSA) is 86.5 Å². The van der Waals surface area contributed by atoms with Gasteiger partial charge < -0.3 is 19.3 Å². The van der Waals surface area contributed by atoms with Crippen molar-refractivity contribution in [1.82, 2.24) is 15.5 Å². The summed E-state index contributed by atoms with van der Waals surface area (Å²) < 4.78 is 16.3. The van der Waals surface area contributed by atoms with Crippen LogP contribution in [0.25, 0.3) is 0 Å². The van der Waals surface area contributed by atoms with Gasteiger partial charge in [0.25, 0.3) is 5.91 Å². The molecule has 3 heterocycles. The number of aromatic nitrogens is 2. The van der Waals surface area contributed by atoms with Crippen molar-refractivity contribution in [1.29, 1.82) is 0 Å². The van der Waals surface area contributed by atoms with Crippen molar-refractivity contribution >= 4 is 5.91 Å². The molecule has 132 valence electrons. The van der Waals surface area contributed by atoms with Crippen molar-refractivity contribution in [3.63, 3.8) is 0 Å². The first-order valence-electron chi connectivity index (χ1n) is 8.65. The SMILES string of the molecule is Cc1noc([C@@H](NC(=O)c2ccc3c(c2)CCO3)C2CCOCC2)n1. The maximum Gasteiger partial charge on any atom is 0.251 e. The van der Waals surface area contributed by atoms with Gasteiger partial charge in [-0.15, -0.1) is 0 Å². The first kappa shape index (κ1) is 16.1. The standard InChI is InChI=1S/C18H21N3O4/c1-11-19-18(25-21-11)16(12-4-7-23-8-5-12)20-17(22)14-2-3-15-13(10-14)6-9-24-15/h2-3,10,12,16H,4-9H2,1H3,(H,20,22)/t16-/m0/s1. The van der Waals surface area contributed by atoms with E-state index in [1.165, 1.54) is 0 Å². The zero-order chi connectivity index (χ0) is 17.2. The molecule has 0 aliphatic carbocycles. The third-order valence-electron chi connectivity index (χ3n) is 4.78. The molecule has 0 unspecified atom stereocenters. The van der Waals surface area contributed by atoms with E-state index in [4.69, 9.17) is 14.0 Å². The summed E-state index contributed by atoms with van der Waals surface area (Å²) in [7, 11) is 0. The molecule has 1 saturated heterocycles. The minimum Gasteiger partial charge on any atom is -0.493 e. The molecule has 7 heteroatoms. The molecule has 1 amide bonds. The first-order chi connectivity index (χ1) is 12.2. The van der Waals surface area contributed by atoms with Crippen molar-refractivity contribution in [2.45, 2.75) is 32.2 Å². The summed E-state index contributed by atoms with van der Waals surface area (Å²) in [5, 5.41) is 6.97. The zero-order valence-electron chi connectivity index (χ0n) is 14.2. The third kappa shape index (κ3) is 3.37. The van der Waals surface area contributed by atoms with E-state index in [0.717, 1.165) is 30.6 Å². The second-order valence-corrected chi connectivity index (χ2v) is 6.50. The number of ether oxygens (including phenoxy) is 2. The minimum absolute atomic E-state index is 0.137. The smallest absolute Gasteiger partial charge is 0.251 e. The second-order valence-electron chi connectivity index (χ2n) is 6.50. The average molecular weight is 343 g/mol. The van der Waals surface area contributed by atoms with Gasteiger partial charge in [-0.05, 0) is 49.4 Å². The minimum atomic E-state index is -0.304. The molecule has 1 atom stereocenters. The third-order valence-corrected chi connectivity index (χ3v) is 4.78. The number of aryl methyl sites for hydroxylation is 1. The number of hydrogen-bond donors (Lipinski definition) is 1. The van der Waals surface area contributed by atoms with Crippen molar-refractivity contribution < 1.29 is 18.8 Å². The van der Waals surface area contributed by atoms with E-state index in [-0.39, 0.29) is 17.9 Å². The van der Waals surface area contributed by atoms with Gasteiger partial charge in [-0.25, -0.2) is 0 Å². The van der Waals surface area contributed by atoms with Gasteiger partial charge in [-0.3, -0.25) is 4.79 Å². The predicted molar refractivity (Wildman–Crippen MR) is 88.4 cm³/mol. The van der Waals surface area contributed by atoms with E-state index >= 15 is 0 Å². The molecule has 1 aromatic heterocycles. The van der Waals surface area contributed by atoms with Crippen molar-refractivity contribution in [3.05, 3.63) is 41.0 Å². The van der Waals surface area contributed by atoms with Crippen molar-refractivity contribution in [2.75, 3.05) is 19.8 Å². The number of carbonyl (C=O) groups is 1. The van der Waals surface area contributed by atoms with Gasteiger partial charge in [0.2, 0.25) is 5.89 Å². The lowest BCUT2D eigenvalue weighted by atomic mass is 9.91. The van der Waals surface area contributed by atoms with Crippen LogP contribution in [0.2, 0.25) is 0 Å². The number of hydrogen-bond acceptors (Lipinski definition) is 6. The van der Waals surface area contributed by atoms with Crippen LogP contribution in [0.15, 0.2) is 22.7 Å². The number of amides is 1. The summed E-state index contributed by atoms with van der Waals surface area (Å²) in [6, 6.07) is 5.25. The Kier molecular flexibility index (Phi) is 4.40. The molecule has 0 bridgehead atoms. The summed E-state index contributed by atoms with van der Waals surface area (Å²) in [4.78, 5) is 17.1. The van der Waals surface area contributed by atoms with Gasteiger partial charge >= 0.3 is 0 Å². The zero-order valence-corrected chi connectivity index (χ0v) is 14.2. The van der Waals surface area contributed by atoms with E-state index in [2.05, 4.69) is 15.5 Å². The molecule has 1 N–H and O–H groups in total. The van der Waals surface area contributed by atoms with Crippen LogP contribution in [-0.2, 0) is 11.2 Å². The maximum absolute atomic E-state index is 12.8. The molecule has 7 nitrogen and oxygen atoms in total. The number of carbonyl (C=O) groups excluding carboxylic acids is 1. The van der Waals surface area contributed by atoms with Crippen LogP contribution in [0.3, 0.4) is 0 Å². The monoisotopic (exact) mass is 343 g/mol. The Morgan fingerprint density at radius 2 is 2.12 bits per heavy atom. The highest BCUT2D eigenvalue weighted by Gasteiger charge is 2.31. The van der Waals surface area contributed by atoms with Crippen molar-refractivity contribution in [3.8, 4) is 5.75 Å². The summed E-state index contributed by atoms with van der Waals surface area (Å²) in [5.41, 5.74) is 1.70. The van der Waals surface area contributed by atoms with Gasteiger partial charge in [-0.1, -0.05) is 5.16 Å². The lowest BCUT2D eigenvalue weighted by molar-refractivity contribution is 0.0468. The summed E-state index contributed by atoms with van der Waals surface area (Å²) in [5.74, 6) is 1.97. The fraction of sp³-hybridized carbons (Fsp3) is 0.500. The van der Waals surface area contributed by atoms with Crippen LogP contribution in [0.5, 0.6) is 5.75 Å². The highest BCUT2D eigenvalue weighted by atomic mass is 16.5. The largest absolute Gasteiger partial charge is 0.493 e. The molecule has 25 heavy (non-hydrogen) atoms. The summed E-state index contributed by atoms with van der Waals surface area (Å²) in [6.45, 7) is 3.81. The lowest BCUT2D eigenvalue weighted by Crippen LogP contribution is -2.36. The lowest BCUT2D eigenvalue weighted by Gasteiger charge is -2.28. The fourth-order valence-corrected chi connectivity index (χ4v) is 3.42.